The number of fused-ring (bicyclic) bond motifs is 1. The molecule has 1 unspecified atom stereocenters. The quantitative estimate of drug-likeness (QED) is 0.863. The van der Waals surface area contributed by atoms with Crippen LogP contribution in [-0.2, 0) is 9.59 Å². The van der Waals surface area contributed by atoms with Crippen LogP contribution in [-0.4, -0.2) is 30.4 Å². The maximum Gasteiger partial charge on any atom is 0.243 e. The predicted octanol–water partition coefficient (Wildman–Crippen LogP) is 1.36. The lowest BCUT2D eigenvalue weighted by Gasteiger charge is -2.35. The summed E-state index contributed by atoms with van der Waals surface area (Å²) in [6.07, 6.45) is 0. The molecule has 2 N–H and O–H groups in total. The molecule has 0 fully saturated rings. The van der Waals surface area contributed by atoms with Crippen molar-refractivity contribution in [2.75, 3.05) is 16.8 Å². The van der Waals surface area contributed by atoms with Gasteiger partial charge < -0.3 is 15.5 Å². The van der Waals surface area contributed by atoms with Crippen molar-refractivity contribution >= 4 is 23.2 Å². The van der Waals surface area contributed by atoms with Crippen molar-refractivity contribution in [1.29, 1.82) is 0 Å². The number of amides is 2. The van der Waals surface area contributed by atoms with Gasteiger partial charge in [-0.1, -0.05) is 12.1 Å². The second kappa shape index (κ2) is 5.30. The van der Waals surface area contributed by atoms with Crippen molar-refractivity contribution < 1.29 is 9.59 Å². The number of nitrogens with one attached hydrogen (secondary N) is 2. The first kappa shape index (κ1) is 13.4. The highest BCUT2D eigenvalue weighted by molar-refractivity contribution is 6.03. The lowest BCUT2D eigenvalue weighted by atomic mass is 10.1. The van der Waals surface area contributed by atoms with Crippen molar-refractivity contribution in [3.63, 3.8) is 0 Å². The largest absolute Gasteiger partial charge is 0.352 e. The van der Waals surface area contributed by atoms with Crippen LogP contribution in [0, 0.1) is 0 Å². The molecule has 1 heterocycles. The molecule has 0 saturated carbocycles. The van der Waals surface area contributed by atoms with E-state index in [0.717, 1.165) is 11.4 Å². The van der Waals surface area contributed by atoms with E-state index >= 15 is 0 Å². The highest BCUT2D eigenvalue weighted by Gasteiger charge is 2.29. The Morgan fingerprint density at radius 1 is 1.32 bits per heavy atom. The maximum atomic E-state index is 12.1. The zero-order valence-corrected chi connectivity index (χ0v) is 11.4. The van der Waals surface area contributed by atoms with Crippen LogP contribution in [0.2, 0.25) is 0 Å². The first-order chi connectivity index (χ1) is 8.99. The Morgan fingerprint density at radius 3 is 2.68 bits per heavy atom. The van der Waals surface area contributed by atoms with Crippen molar-refractivity contribution in [2.24, 2.45) is 0 Å². The second-order valence-electron chi connectivity index (χ2n) is 5.03. The van der Waals surface area contributed by atoms with Gasteiger partial charge in [-0.05, 0) is 32.9 Å². The maximum absolute atomic E-state index is 12.1. The smallest absolute Gasteiger partial charge is 0.243 e. The molecule has 0 saturated heterocycles. The molecular formula is C14H19N3O2. The number of hydrogen-bond acceptors (Lipinski definition) is 3. The van der Waals surface area contributed by atoms with Gasteiger partial charge in [-0.15, -0.1) is 0 Å². The molecule has 0 radical (unpaired) electrons. The van der Waals surface area contributed by atoms with E-state index in [1.807, 2.05) is 49.9 Å². The number of nitrogens with zero attached hydrogens (tertiary/aromatic N) is 1. The van der Waals surface area contributed by atoms with Gasteiger partial charge in [0.1, 0.15) is 6.04 Å². The first-order valence-corrected chi connectivity index (χ1v) is 6.45. The number of carbonyl (C=O) groups is 2. The fraction of sp³-hybridized carbons (Fsp3) is 0.429. The van der Waals surface area contributed by atoms with E-state index in [2.05, 4.69) is 10.6 Å². The number of rotatable bonds is 3. The topological polar surface area (TPSA) is 61.4 Å². The molecule has 5 heteroatoms. The van der Waals surface area contributed by atoms with Gasteiger partial charge in [0.15, 0.2) is 0 Å². The molecule has 102 valence electrons. The third-order valence-electron chi connectivity index (χ3n) is 3.08. The fourth-order valence-electron chi connectivity index (χ4n) is 2.15. The highest BCUT2D eigenvalue weighted by atomic mass is 16.2. The molecule has 0 aromatic heterocycles. The summed E-state index contributed by atoms with van der Waals surface area (Å²) in [4.78, 5) is 25.6. The first-order valence-electron chi connectivity index (χ1n) is 6.45. The number of benzene rings is 1. The second-order valence-corrected chi connectivity index (χ2v) is 5.03. The Bertz CT molecular complexity index is 499. The Balaban J connectivity index is 2.25. The minimum atomic E-state index is -0.380. The van der Waals surface area contributed by atoms with E-state index in [9.17, 15) is 9.59 Å². The summed E-state index contributed by atoms with van der Waals surface area (Å²) < 4.78 is 0. The molecule has 2 rings (SSSR count). The summed E-state index contributed by atoms with van der Waals surface area (Å²) in [5.41, 5.74) is 1.64. The van der Waals surface area contributed by atoms with Crippen LogP contribution in [0.4, 0.5) is 11.4 Å². The average Bonchev–Trinajstić information content (AvgIpc) is 2.36. The summed E-state index contributed by atoms with van der Waals surface area (Å²) in [6.45, 7) is 5.85. The lowest BCUT2D eigenvalue weighted by molar-refractivity contribution is -0.122. The molecule has 1 aliphatic rings. The van der Waals surface area contributed by atoms with Crippen molar-refractivity contribution in [3.05, 3.63) is 24.3 Å². The van der Waals surface area contributed by atoms with Crippen molar-refractivity contribution in [3.8, 4) is 0 Å². The Kier molecular flexibility index (Phi) is 3.74. The Labute approximate surface area is 113 Å². The minimum Gasteiger partial charge on any atom is -0.352 e. The molecule has 2 amide bonds. The van der Waals surface area contributed by atoms with E-state index in [1.54, 1.807) is 0 Å². The van der Waals surface area contributed by atoms with Crippen LogP contribution >= 0.6 is 0 Å². The molecule has 5 nitrogen and oxygen atoms in total. The molecule has 0 spiro atoms. The molecule has 1 aliphatic heterocycles. The standard InChI is InChI=1S/C14H19N3O2/c1-9(2)15-14(19)10(3)17-8-13(18)16-11-6-4-5-7-12(11)17/h4-7,9-10H,8H2,1-3H3,(H,15,19)(H,16,18). The summed E-state index contributed by atoms with van der Waals surface area (Å²) in [6, 6.07) is 7.22. The predicted molar refractivity (Wildman–Crippen MR) is 75.2 cm³/mol. The molecule has 1 aromatic rings. The number of para-hydroxylation sites is 2. The molecule has 1 atom stereocenters. The van der Waals surface area contributed by atoms with Gasteiger partial charge in [-0.3, -0.25) is 9.59 Å². The van der Waals surface area contributed by atoms with Crippen LogP contribution in [0.15, 0.2) is 24.3 Å². The number of anilines is 2. The number of hydrogen-bond donors (Lipinski definition) is 2. The van der Waals surface area contributed by atoms with E-state index < -0.39 is 0 Å². The van der Waals surface area contributed by atoms with Gasteiger partial charge in [0, 0.05) is 6.04 Å². The van der Waals surface area contributed by atoms with Gasteiger partial charge in [-0.2, -0.15) is 0 Å². The summed E-state index contributed by atoms with van der Waals surface area (Å²) >= 11 is 0. The van der Waals surface area contributed by atoms with E-state index in [0.29, 0.717) is 0 Å². The van der Waals surface area contributed by atoms with Crippen LogP contribution < -0.4 is 15.5 Å². The Hall–Kier alpha value is -2.04. The zero-order valence-electron chi connectivity index (χ0n) is 11.4. The highest BCUT2D eigenvalue weighted by Crippen LogP contribution is 2.30. The molecule has 1 aromatic carbocycles. The normalized spacial score (nSPS) is 15.8. The van der Waals surface area contributed by atoms with Crippen molar-refractivity contribution in [2.45, 2.75) is 32.9 Å². The van der Waals surface area contributed by atoms with Crippen LogP contribution in [0.3, 0.4) is 0 Å². The van der Waals surface area contributed by atoms with E-state index in [-0.39, 0.29) is 30.4 Å². The zero-order chi connectivity index (χ0) is 14.0. The van der Waals surface area contributed by atoms with Gasteiger partial charge >= 0.3 is 0 Å². The molecular weight excluding hydrogens is 242 g/mol. The average molecular weight is 261 g/mol. The van der Waals surface area contributed by atoms with Gasteiger partial charge in [-0.25, -0.2) is 0 Å². The molecule has 0 bridgehead atoms. The molecule has 19 heavy (non-hydrogen) atoms. The number of carbonyl (C=O) groups excluding carboxylic acids is 2. The van der Waals surface area contributed by atoms with Crippen LogP contribution in [0.1, 0.15) is 20.8 Å². The van der Waals surface area contributed by atoms with Gasteiger partial charge in [0.25, 0.3) is 0 Å². The van der Waals surface area contributed by atoms with E-state index in [4.69, 9.17) is 0 Å². The van der Waals surface area contributed by atoms with Gasteiger partial charge in [0.2, 0.25) is 11.8 Å². The summed E-state index contributed by atoms with van der Waals surface area (Å²) in [7, 11) is 0. The summed E-state index contributed by atoms with van der Waals surface area (Å²) in [5.74, 6) is -0.164. The SMILES string of the molecule is CC(C)NC(=O)C(C)N1CC(=O)Nc2ccccc21. The van der Waals surface area contributed by atoms with Crippen LogP contribution in [0.5, 0.6) is 0 Å². The van der Waals surface area contributed by atoms with Gasteiger partial charge in [0.05, 0.1) is 17.9 Å². The fourth-order valence-corrected chi connectivity index (χ4v) is 2.15. The van der Waals surface area contributed by atoms with Crippen molar-refractivity contribution in [1.82, 2.24) is 5.32 Å². The third-order valence-corrected chi connectivity index (χ3v) is 3.08. The molecule has 0 aliphatic carbocycles. The Morgan fingerprint density at radius 2 is 2.00 bits per heavy atom. The minimum absolute atomic E-state index is 0.0699. The van der Waals surface area contributed by atoms with Crippen LogP contribution in [0.25, 0.3) is 0 Å². The third kappa shape index (κ3) is 2.86. The summed E-state index contributed by atoms with van der Waals surface area (Å²) in [5, 5.41) is 5.69. The van der Waals surface area contributed by atoms with E-state index in [1.165, 1.54) is 0 Å². The monoisotopic (exact) mass is 261 g/mol. The lowest BCUT2D eigenvalue weighted by Crippen LogP contribution is -2.51.